The number of sulfonamides is 1. The molecule has 0 aliphatic heterocycles. The largest absolute Gasteiger partial charge is 0.497 e. The monoisotopic (exact) mass is 627 g/mol. The van der Waals surface area contributed by atoms with Crippen LogP contribution in [0.2, 0.25) is 0 Å². The first-order chi connectivity index (χ1) is 21.0. The number of hydrogen-bond acceptors (Lipinski definition) is 8. The van der Waals surface area contributed by atoms with E-state index < -0.39 is 28.5 Å². The van der Waals surface area contributed by atoms with Crippen molar-refractivity contribution in [3.05, 3.63) is 72.3 Å². The lowest BCUT2D eigenvalue weighted by Crippen LogP contribution is -2.53. The van der Waals surface area contributed by atoms with Gasteiger partial charge in [0.25, 0.3) is 10.0 Å². The number of ether oxygens (including phenoxy) is 4. The summed E-state index contributed by atoms with van der Waals surface area (Å²) in [5.41, 5.74) is 0.860. The lowest BCUT2D eigenvalue weighted by Gasteiger charge is -2.34. The minimum atomic E-state index is -4.43. The topological polar surface area (TPSA) is 124 Å². The zero-order valence-corrected chi connectivity index (χ0v) is 27.0. The van der Waals surface area contributed by atoms with E-state index in [1.807, 2.05) is 44.2 Å². The van der Waals surface area contributed by atoms with Crippen LogP contribution in [-0.4, -0.2) is 72.2 Å². The van der Waals surface area contributed by atoms with Crippen LogP contribution in [0.5, 0.6) is 23.0 Å². The summed E-state index contributed by atoms with van der Waals surface area (Å²) in [5, 5.41) is 2.89. The van der Waals surface area contributed by atoms with Gasteiger partial charge in [0.15, 0.2) is 11.5 Å². The van der Waals surface area contributed by atoms with Gasteiger partial charge < -0.3 is 29.2 Å². The van der Waals surface area contributed by atoms with Crippen LogP contribution in [0.3, 0.4) is 0 Å². The van der Waals surface area contributed by atoms with E-state index in [1.54, 1.807) is 19.1 Å². The molecule has 12 heteroatoms. The van der Waals surface area contributed by atoms with E-state index >= 15 is 0 Å². The van der Waals surface area contributed by atoms with Gasteiger partial charge in [-0.1, -0.05) is 37.3 Å². The summed E-state index contributed by atoms with van der Waals surface area (Å²) in [6.07, 6.45) is 0.308. The molecule has 0 saturated heterocycles. The van der Waals surface area contributed by atoms with Crippen LogP contribution in [0.25, 0.3) is 0 Å². The summed E-state index contributed by atoms with van der Waals surface area (Å²) >= 11 is 0. The second-order valence-electron chi connectivity index (χ2n) is 10.2. The van der Waals surface area contributed by atoms with Gasteiger partial charge in [0.2, 0.25) is 11.8 Å². The molecule has 0 spiro atoms. The van der Waals surface area contributed by atoms with Crippen molar-refractivity contribution in [2.24, 2.45) is 0 Å². The van der Waals surface area contributed by atoms with Crippen molar-refractivity contribution in [2.75, 3.05) is 39.3 Å². The smallest absolute Gasteiger partial charge is 0.265 e. The average molecular weight is 628 g/mol. The summed E-state index contributed by atoms with van der Waals surface area (Å²) in [6.45, 7) is 4.92. The third-order valence-corrected chi connectivity index (χ3v) is 8.64. The Labute approximate surface area is 259 Å². The molecule has 3 rings (SSSR count). The van der Waals surface area contributed by atoms with Gasteiger partial charge in [0.1, 0.15) is 24.1 Å². The summed E-state index contributed by atoms with van der Waals surface area (Å²) in [7, 11) is 1.26. The number of amides is 2. The highest BCUT2D eigenvalue weighted by Crippen LogP contribution is 2.37. The standard InChI is InChI=1S/C32H41N3O8S/c1-8-26(32(37)33-22(2)3)34(20-23-12-10-9-11-13-23)31(36)21-35(27-18-24(40-4)14-16-28(27)41-5)44(38,39)25-15-17-29(42-6)30(19-25)43-7/h9-19,22,26H,8,20-21H2,1-7H3,(H,33,37). The Morgan fingerprint density at radius 3 is 2.02 bits per heavy atom. The maximum Gasteiger partial charge on any atom is 0.265 e. The normalized spacial score (nSPS) is 11.8. The van der Waals surface area contributed by atoms with Crippen LogP contribution < -0.4 is 28.6 Å². The SMILES string of the molecule is CCC(C(=O)NC(C)C)N(Cc1ccccc1)C(=O)CN(c1cc(OC)ccc1OC)S(=O)(=O)c1ccc(OC)c(OC)c1. The number of rotatable bonds is 15. The number of nitrogens with zero attached hydrogens (tertiary/aromatic N) is 2. The number of carbonyl (C=O) groups is 2. The van der Waals surface area contributed by atoms with Crippen LogP contribution in [0.1, 0.15) is 32.8 Å². The molecule has 0 aromatic heterocycles. The molecular formula is C32H41N3O8S. The fraction of sp³-hybridized carbons (Fsp3) is 0.375. The highest BCUT2D eigenvalue weighted by Gasteiger charge is 2.35. The van der Waals surface area contributed by atoms with Gasteiger partial charge in [-0.2, -0.15) is 0 Å². The molecule has 2 amide bonds. The van der Waals surface area contributed by atoms with E-state index in [9.17, 15) is 18.0 Å². The first-order valence-electron chi connectivity index (χ1n) is 14.1. The van der Waals surface area contributed by atoms with Gasteiger partial charge in [0, 0.05) is 24.7 Å². The molecule has 0 fully saturated rings. The van der Waals surface area contributed by atoms with E-state index in [0.717, 1.165) is 9.87 Å². The van der Waals surface area contributed by atoms with Crippen molar-refractivity contribution >= 4 is 27.5 Å². The van der Waals surface area contributed by atoms with Gasteiger partial charge in [-0.05, 0) is 50.1 Å². The number of carbonyl (C=O) groups excluding carboxylic acids is 2. The molecule has 238 valence electrons. The van der Waals surface area contributed by atoms with Crippen LogP contribution in [0.4, 0.5) is 5.69 Å². The zero-order valence-electron chi connectivity index (χ0n) is 26.2. The fourth-order valence-electron chi connectivity index (χ4n) is 4.69. The van der Waals surface area contributed by atoms with E-state index in [0.29, 0.717) is 17.9 Å². The third-order valence-electron chi connectivity index (χ3n) is 6.89. The minimum Gasteiger partial charge on any atom is -0.497 e. The van der Waals surface area contributed by atoms with Crippen molar-refractivity contribution in [3.63, 3.8) is 0 Å². The van der Waals surface area contributed by atoms with Crippen LogP contribution in [0, 0.1) is 0 Å². The maximum atomic E-state index is 14.4. The minimum absolute atomic E-state index is 0.0781. The predicted octanol–water partition coefficient (Wildman–Crippen LogP) is 4.25. The van der Waals surface area contributed by atoms with Gasteiger partial charge in [-0.25, -0.2) is 8.42 Å². The molecule has 0 radical (unpaired) electrons. The summed E-state index contributed by atoms with van der Waals surface area (Å²) in [5.74, 6) is 0.156. The predicted molar refractivity (Wildman–Crippen MR) is 168 cm³/mol. The first kappa shape index (κ1) is 34.0. The molecule has 44 heavy (non-hydrogen) atoms. The molecule has 11 nitrogen and oxygen atoms in total. The van der Waals surface area contributed by atoms with Gasteiger partial charge >= 0.3 is 0 Å². The Kier molecular flexibility index (Phi) is 11.9. The lowest BCUT2D eigenvalue weighted by atomic mass is 10.1. The maximum absolute atomic E-state index is 14.4. The molecule has 0 heterocycles. The summed E-state index contributed by atoms with van der Waals surface area (Å²) in [4.78, 5) is 28.9. The van der Waals surface area contributed by atoms with E-state index in [-0.39, 0.29) is 40.6 Å². The molecule has 0 bridgehead atoms. The van der Waals surface area contributed by atoms with Crippen molar-refractivity contribution in [1.29, 1.82) is 0 Å². The summed E-state index contributed by atoms with van der Waals surface area (Å²) < 4.78 is 51.3. The van der Waals surface area contributed by atoms with Gasteiger partial charge in [-0.15, -0.1) is 0 Å². The Morgan fingerprint density at radius 2 is 1.45 bits per heavy atom. The second kappa shape index (κ2) is 15.3. The fourth-order valence-corrected chi connectivity index (χ4v) is 6.12. The van der Waals surface area contributed by atoms with Crippen LogP contribution >= 0.6 is 0 Å². The molecule has 0 saturated carbocycles. The molecule has 3 aromatic carbocycles. The van der Waals surface area contributed by atoms with Crippen LogP contribution in [-0.2, 0) is 26.2 Å². The van der Waals surface area contributed by atoms with Gasteiger partial charge in [-0.3, -0.25) is 13.9 Å². The molecule has 0 aliphatic carbocycles. The number of nitrogens with one attached hydrogen (secondary N) is 1. The second-order valence-corrected chi connectivity index (χ2v) is 12.0. The molecule has 1 atom stereocenters. The lowest BCUT2D eigenvalue weighted by molar-refractivity contribution is -0.140. The quantitative estimate of drug-likeness (QED) is 0.265. The van der Waals surface area contributed by atoms with E-state index in [2.05, 4.69) is 5.32 Å². The molecule has 1 N–H and O–H groups in total. The third kappa shape index (κ3) is 7.93. The Balaban J connectivity index is 2.19. The van der Waals surface area contributed by atoms with Crippen LogP contribution in [0.15, 0.2) is 71.6 Å². The van der Waals surface area contributed by atoms with E-state index in [1.165, 1.54) is 57.6 Å². The number of hydrogen-bond donors (Lipinski definition) is 1. The molecule has 0 aliphatic rings. The highest BCUT2D eigenvalue weighted by molar-refractivity contribution is 7.92. The Hall–Kier alpha value is -4.45. The van der Waals surface area contributed by atoms with Crippen molar-refractivity contribution in [3.8, 4) is 23.0 Å². The summed E-state index contributed by atoms with van der Waals surface area (Å²) in [6, 6.07) is 17.0. The van der Waals surface area contributed by atoms with Gasteiger partial charge in [0.05, 0.1) is 39.0 Å². The van der Waals surface area contributed by atoms with E-state index in [4.69, 9.17) is 18.9 Å². The first-order valence-corrected chi connectivity index (χ1v) is 15.5. The molecule has 1 unspecified atom stereocenters. The number of methoxy groups -OCH3 is 4. The highest BCUT2D eigenvalue weighted by atomic mass is 32.2. The Morgan fingerprint density at radius 1 is 0.818 bits per heavy atom. The average Bonchev–Trinajstić information content (AvgIpc) is 3.02. The zero-order chi connectivity index (χ0) is 32.4. The Bertz CT molecular complexity index is 1530. The number of anilines is 1. The molecular weight excluding hydrogens is 586 g/mol. The van der Waals surface area contributed by atoms with Crippen molar-refractivity contribution < 1.29 is 37.0 Å². The molecule has 3 aromatic rings. The van der Waals surface area contributed by atoms with Crippen molar-refractivity contribution in [1.82, 2.24) is 10.2 Å². The number of benzene rings is 3. The van der Waals surface area contributed by atoms with Crippen molar-refractivity contribution in [2.45, 2.75) is 50.7 Å².